The molecule has 3 aromatic rings. The van der Waals surface area contributed by atoms with Crippen molar-refractivity contribution in [1.82, 2.24) is 9.88 Å². The number of morpholine rings is 1. The molecule has 0 aliphatic carbocycles. The lowest BCUT2D eigenvalue weighted by Gasteiger charge is -2.33. The van der Waals surface area contributed by atoms with E-state index in [1.54, 1.807) is 17.0 Å². The smallest absolute Gasteiger partial charge is 0.261 e. The number of H-pyrrole nitrogens is 1. The number of hydrogen-bond acceptors (Lipinski definition) is 3. The summed E-state index contributed by atoms with van der Waals surface area (Å²) >= 11 is 5.92. The maximum atomic E-state index is 13.3. The Morgan fingerprint density at radius 3 is 2.74 bits per heavy atom. The first-order valence-electron chi connectivity index (χ1n) is 8.50. The van der Waals surface area contributed by atoms with E-state index in [1.807, 2.05) is 12.1 Å². The topological polar surface area (TPSA) is 62.4 Å². The number of fused-ring (bicyclic) bond motifs is 1. The molecule has 1 aromatic heterocycles. The Morgan fingerprint density at radius 2 is 1.96 bits per heavy atom. The Morgan fingerprint density at radius 1 is 1.19 bits per heavy atom. The lowest BCUT2D eigenvalue weighted by Crippen LogP contribution is -2.43. The van der Waals surface area contributed by atoms with Crippen molar-refractivity contribution in [3.63, 3.8) is 0 Å². The van der Waals surface area contributed by atoms with E-state index in [0.717, 1.165) is 5.56 Å². The Labute approximate surface area is 159 Å². The number of aromatic nitrogens is 1. The second-order valence-corrected chi connectivity index (χ2v) is 6.84. The molecule has 27 heavy (non-hydrogen) atoms. The molecule has 1 aliphatic heterocycles. The molecule has 7 heteroatoms. The summed E-state index contributed by atoms with van der Waals surface area (Å²) in [5.74, 6) is -0.819. The molecule has 138 valence electrons. The first-order valence-corrected chi connectivity index (χ1v) is 8.88. The lowest BCUT2D eigenvalue weighted by molar-refractivity contribution is -0.0228. The van der Waals surface area contributed by atoms with E-state index in [1.165, 1.54) is 24.3 Å². The molecular weight excluding hydrogens is 371 g/mol. The third-order valence-electron chi connectivity index (χ3n) is 4.63. The number of carbonyl (C=O) groups is 1. The molecule has 4 rings (SSSR count). The van der Waals surface area contributed by atoms with E-state index in [-0.39, 0.29) is 17.6 Å². The lowest BCUT2D eigenvalue weighted by atomic mass is 10.1. The van der Waals surface area contributed by atoms with Gasteiger partial charge in [0.25, 0.3) is 11.5 Å². The zero-order valence-electron chi connectivity index (χ0n) is 14.2. The number of ether oxygens (including phenoxy) is 1. The van der Waals surface area contributed by atoms with Gasteiger partial charge in [-0.3, -0.25) is 9.59 Å². The molecular formula is C20H16ClFN2O3. The van der Waals surface area contributed by atoms with Crippen LogP contribution in [0.1, 0.15) is 22.0 Å². The Bertz CT molecular complexity index is 1070. The van der Waals surface area contributed by atoms with E-state index in [9.17, 15) is 14.0 Å². The van der Waals surface area contributed by atoms with Crippen molar-refractivity contribution < 1.29 is 13.9 Å². The van der Waals surface area contributed by atoms with Gasteiger partial charge in [0.15, 0.2) is 0 Å². The molecule has 2 heterocycles. The molecule has 0 bridgehead atoms. The molecule has 0 spiro atoms. The van der Waals surface area contributed by atoms with Crippen molar-refractivity contribution in [1.29, 1.82) is 0 Å². The normalized spacial score (nSPS) is 17.3. The number of amides is 1. The van der Waals surface area contributed by atoms with Crippen LogP contribution in [0.25, 0.3) is 10.9 Å². The minimum atomic E-state index is -0.535. The Balaban J connectivity index is 1.61. The highest BCUT2D eigenvalue weighted by Crippen LogP contribution is 2.24. The van der Waals surface area contributed by atoms with Crippen LogP contribution in [0, 0.1) is 5.82 Å². The number of nitrogens with one attached hydrogen (secondary N) is 1. The van der Waals surface area contributed by atoms with Crippen LogP contribution in [-0.4, -0.2) is 35.5 Å². The van der Waals surface area contributed by atoms with Crippen LogP contribution in [0.3, 0.4) is 0 Å². The second kappa shape index (κ2) is 7.13. The van der Waals surface area contributed by atoms with Crippen molar-refractivity contribution in [2.24, 2.45) is 0 Å². The van der Waals surface area contributed by atoms with E-state index in [0.29, 0.717) is 35.6 Å². The summed E-state index contributed by atoms with van der Waals surface area (Å²) < 4.78 is 19.1. The molecule has 1 atom stereocenters. The highest BCUT2D eigenvalue weighted by molar-refractivity contribution is 6.30. The average molecular weight is 387 g/mol. The third kappa shape index (κ3) is 3.59. The van der Waals surface area contributed by atoms with E-state index >= 15 is 0 Å². The van der Waals surface area contributed by atoms with Crippen LogP contribution >= 0.6 is 11.6 Å². The van der Waals surface area contributed by atoms with Gasteiger partial charge in [-0.25, -0.2) is 4.39 Å². The quantitative estimate of drug-likeness (QED) is 0.732. The molecule has 1 saturated heterocycles. The number of halogens is 2. The zero-order valence-corrected chi connectivity index (χ0v) is 15.0. The zero-order chi connectivity index (χ0) is 19.0. The van der Waals surface area contributed by atoms with Gasteiger partial charge in [-0.15, -0.1) is 0 Å². The number of pyridine rings is 1. The van der Waals surface area contributed by atoms with Crippen LogP contribution in [0.5, 0.6) is 0 Å². The Hall–Kier alpha value is -2.70. The monoisotopic (exact) mass is 386 g/mol. The molecule has 1 aliphatic rings. The molecule has 1 unspecified atom stereocenters. The summed E-state index contributed by atoms with van der Waals surface area (Å²) in [4.78, 5) is 29.4. The predicted molar refractivity (Wildman–Crippen MR) is 101 cm³/mol. The SMILES string of the molecule is O=C(c1cc2ccc(F)cc2[nH]c1=O)N1CCOC(c2ccc(Cl)cc2)C1. The first-order chi connectivity index (χ1) is 13.0. The summed E-state index contributed by atoms with van der Waals surface area (Å²) in [5.41, 5.74) is 0.774. The van der Waals surface area contributed by atoms with Gasteiger partial charge in [-0.2, -0.15) is 0 Å². The van der Waals surface area contributed by atoms with Gasteiger partial charge in [-0.1, -0.05) is 23.7 Å². The fourth-order valence-electron chi connectivity index (χ4n) is 3.22. The number of benzene rings is 2. The molecule has 1 amide bonds. The molecule has 1 fully saturated rings. The summed E-state index contributed by atoms with van der Waals surface area (Å²) in [7, 11) is 0. The van der Waals surface area contributed by atoms with Gasteiger partial charge >= 0.3 is 0 Å². The summed E-state index contributed by atoms with van der Waals surface area (Å²) in [6, 6.07) is 12.8. The molecule has 0 radical (unpaired) electrons. The molecule has 0 saturated carbocycles. The average Bonchev–Trinajstić information content (AvgIpc) is 2.67. The van der Waals surface area contributed by atoms with Crippen LogP contribution in [0.2, 0.25) is 5.02 Å². The fourth-order valence-corrected chi connectivity index (χ4v) is 3.34. The number of carbonyl (C=O) groups excluding carboxylic acids is 1. The summed E-state index contributed by atoms with van der Waals surface area (Å²) in [5, 5.41) is 1.23. The van der Waals surface area contributed by atoms with Crippen LogP contribution in [-0.2, 0) is 4.74 Å². The van der Waals surface area contributed by atoms with E-state index < -0.39 is 11.4 Å². The highest BCUT2D eigenvalue weighted by Gasteiger charge is 2.27. The molecule has 1 N–H and O–H groups in total. The van der Waals surface area contributed by atoms with E-state index in [2.05, 4.69) is 4.98 Å². The number of nitrogens with zero attached hydrogens (tertiary/aromatic N) is 1. The van der Waals surface area contributed by atoms with Crippen molar-refractivity contribution in [2.75, 3.05) is 19.7 Å². The first kappa shape index (κ1) is 17.7. The number of hydrogen-bond donors (Lipinski definition) is 1. The van der Waals surface area contributed by atoms with Gasteiger partial charge in [0.2, 0.25) is 0 Å². The van der Waals surface area contributed by atoms with Gasteiger partial charge in [0.05, 0.1) is 18.7 Å². The van der Waals surface area contributed by atoms with Gasteiger partial charge in [0, 0.05) is 11.6 Å². The van der Waals surface area contributed by atoms with E-state index in [4.69, 9.17) is 16.3 Å². The standard InChI is InChI=1S/C20H16ClFN2O3/c21-14-4-1-12(2-5-14)18-11-24(7-8-27-18)20(26)16-9-13-3-6-15(22)10-17(13)23-19(16)25/h1-6,9-10,18H,7-8,11H2,(H,23,25). The molecule has 5 nitrogen and oxygen atoms in total. The highest BCUT2D eigenvalue weighted by atomic mass is 35.5. The number of aromatic amines is 1. The van der Waals surface area contributed by atoms with Crippen LogP contribution in [0.15, 0.2) is 53.3 Å². The minimum absolute atomic E-state index is 0.0332. The van der Waals surface area contributed by atoms with Crippen molar-refractivity contribution in [3.05, 3.63) is 80.9 Å². The van der Waals surface area contributed by atoms with Crippen LogP contribution in [0.4, 0.5) is 4.39 Å². The van der Waals surface area contributed by atoms with Crippen molar-refractivity contribution in [3.8, 4) is 0 Å². The third-order valence-corrected chi connectivity index (χ3v) is 4.89. The maximum Gasteiger partial charge on any atom is 0.261 e. The number of rotatable bonds is 2. The molecule has 2 aromatic carbocycles. The second-order valence-electron chi connectivity index (χ2n) is 6.41. The largest absolute Gasteiger partial charge is 0.370 e. The van der Waals surface area contributed by atoms with Crippen molar-refractivity contribution >= 4 is 28.4 Å². The summed E-state index contributed by atoms with van der Waals surface area (Å²) in [6.45, 7) is 1.10. The summed E-state index contributed by atoms with van der Waals surface area (Å²) in [6.07, 6.45) is -0.284. The minimum Gasteiger partial charge on any atom is -0.370 e. The van der Waals surface area contributed by atoms with Gasteiger partial charge in [-0.05, 0) is 47.3 Å². The predicted octanol–water partition coefficient (Wildman–Crippen LogP) is 3.53. The van der Waals surface area contributed by atoms with Crippen LogP contribution < -0.4 is 5.56 Å². The fraction of sp³-hybridized carbons (Fsp3) is 0.200. The van der Waals surface area contributed by atoms with Gasteiger partial charge in [0.1, 0.15) is 17.5 Å². The maximum absolute atomic E-state index is 13.3. The van der Waals surface area contributed by atoms with Gasteiger partial charge < -0.3 is 14.6 Å². The Kier molecular flexibility index (Phi) is 4.68. The van der Waals surface area contributed by atoms with Crippen molar-refractivity contribution in [2.45, 2.75) is 6.10 Å².